The Labute approximate surface area is 154 Å². The number of aromatic nitrogens is 2. The van der Waals surface area contributed by atoms with Gasteiger partial charge in [-0.3, -0.25) is 14.9 Å². The molecular formula is C20H14N4O3. The number of imidazole rings is 1. The number of hydrogen-bond acceptors (Lipinski definition) is 4. The van der Waals surface area contributed by atoms with Crippen LogP contribution in [0.15, 0.2) is 79.1 Å². The monoisotopic (exact) mass is 358 g/mol. The maximum Gasteiger partial charge on any atom is 0.282 e. The molecule has 4 rings (SSSR count). The molecule has 1 N–H and O–H groups in total. The van der Waals surface area contributed by atoms with Crippen molar-refractivity contribution in [2.75, 3.05) is 5.32 Å². The third-order valence-electron chi connectivity index (χ3n) is 4.16. The first kappa shape index (κ1) is 16.5. The van der Waals surface area contributed by atoms with Gasteiger partial charge in [-0.2, -0.15) is 0 Å². The molecule has 0 saturated heterocycles. The summed E-state index contributed by atoms with van der Waals surface area (Å²) in [4.78, 5) is 27.8. The minimum Gasteiger partial charge on any atom is -0.321 e. The summed E-state index contributed by atoms with van der Waals surface area (Å²) in [6.45, 7) is 0. The second-order valence-electron chi connectivity index (χ2n) is 5.87. The summed E-state index contributed by atoms with van der Waals surface area (Å²) in [5.41, 5.74) is 2.51. The first-order chi connectivity index (χ1) is 13.1. The van der Waals surface area contributed by atoms with Crippen LogP contribution in [0.1, 0.15) is 10.4 Å². The van der Waals surface area contributed by atoms with Gasteiger partial charge in [-0.25, -0.2) is 4.98 Å². The van der Waals surface area contributed by atoms with Gasteiger partial charge in [0.05, 0.1) is 16.3 Å². The predicted octanol–water partition coefficient (Wildman–Crippen LogP) is 4.16. The van der Waals surface area contributed by atoms with Crippen LogP contribution in [0.5, 0.6) is 0 Å². The van der Waals surface area contributed by atoms with Crippen molar-refractivity contribution in [2.45, 2.75) is 0 Å². The molecule has 0 bridgehead atoms. The molecule has 0 unspecified atom stereocenters. The van der Waals surface area contributed by atoms with Crippen LogP contribution in [0.4, 0.5) is 11.4 Å². The molecule has 0 aliphatic heterocycles. The number of anilines is 1. The number of carbonyl (C=O) groups excluding carboxylic acids is 1. The van der Waals surface area contributed by atoms with Gasteiger partial charge in [-0.05, 0) is 24.3 Å². The van der Waals surface area contributed by atoms with Gasteiger partial charge in [-0.15, -0.1) is 0 Å². The number of benzene rings is 2. The van der Waals surface area contributed by atoms with E-state index in [-0.39, 0.29) is 11.3 Å². The van der Waals surface area contributed by atoms with E-state index in [2.05, 4.69) is 10.3 Å². The molecule has 0 aliphatic rings. The Balaban J connectivity index is 1.72. The largest absolute Gasteiger partial charge is 0.321 e. The Bertz CT molecular complexity index is 1130. The fourth-order valence-electron chi connectivity index (χ4n) is 2.89. The SMILES string of the molecule is O=C(Nc1ccccc1-c1cn2ccccc2n1)c1ccccc1[N+](=O)[O-]. The van der Waals surface area contributed by atoms with Crippen molar-refractivity contribution in [1.29, 1.82) is 0 Å². The van der Waals surface area contributed by atoms with Crippen molar-refractivity contribution in [3.05, 3.63) is 94.8 Å². The molecule has 1 amide bonds. The lowest BCUT2D eigenvalue weighted by molar-refractivity contribution is -0.385. The second-order valence-corrected chi connectivity index (χ2v) is 5.87. The first-order valence-electron chi connectivity index (χ1n) is 8.21. The zero-order chi connectivity index (χ0) is 18.8. The number of nitrogens with one attached hydrogen (secondary N) is 1. The van der Waals surface area contributed by atoms with Gasteiger partial charge in [0.15, 0.2) is 0 Å². The predicted molar refractivity (Wildman–Crippen MR) is 102 cm³/mol. The molecule has 0 saturated carbocycles. The zero-order valence-electron chi connectivity index (χ0n) is 14.1. The van der Waals surface area contributed by atoms with Crippen molar-refractivity contribution in [3.8, 4) is 11.3 Å². The molecule has 2 heterocycles. The van der Waals surface area contributed by atoms with Gasteiger partial charge in [0, 0.05) is 24.0 Å². The van der Waals surface area contributed by atoms with Gasteiger partial charge in [-0.1, -0.05) is 36.4 Å². The van der Waals surface area contributed by atoms with E-state index in [4.69, 9.17) is 0 Å². The lowest BCUT2D eigenvalue weighted by Gasteiger charge is -2.09. The number of nitrogens with zero attached hydrogens (tertiary/aromatic N) is 3. The van der Waals surface area contributed by atoms with E-state index < -0.39 is 10.8 Å². The average Bonchev–Trinajstić information content (AvgIpc) is 3.12. The molecule has 7 nitrogen and oxygen atoms in total. The summed E-state index contributed by atoms with van der Waals surface area (Å²) >= 11 is 0. The van der Waals surface area contributed by atoms with Gasteiger partial charge < -0.3 is 9.72 Å². The van der Waals surface area contributed by atoms with Crippen molar-refractivity contribution < 1.29 is 9.72 Å². The van der Waals surface area contributed by atoms with Crippen LogP contribution in [-0.2, 0) is 0 Å². The molecule has 7 heteroatoms. The molecule has 0 spiro atoms. The Morgan fingerprint density at radius 2 is 1.74 bits per heavy atom. The number of pyridine rings is 1. The molecule has 0 atom stereocenters. The number of para-hydroxylation sites is 2. The number of hydrogen-bond donors (Lipinski definition) is 1. The Hall–Kier alpha value is -4.00. The zero-order valence-corrected chi connectivity index (χ0v) is 14.1. The van der Waals surface area contributed by atoms with E-state index in [1.54, 1.807) is 18.2 Å². The van der Waals surface area contributed by atoms with Crippen LogP contribution in [0.25, 0.3) is 16.9 Å². The van der Waals surface area contributed by atoms with Crippen LogP contribution in [0, 0.1) is 10.1 Å². The highest BCUT2D eigenvalue weighted by Crippen LogP contribution is 2.28. The average molecular weight is 358 g/mol. The molecule has 27 heavy (non-hydrogen) atoms. The highest BCUT2D eigenvalue weighted by atomic mass is 16.6. The molecule has 4 aromatic rings. The van der Waals surface area contributed by atoms with Crippen LogP contribution in [0.2, 0.25) is 0 Å². The smallest absolute Gasteiger partial charge is 0.282 e. The van der Waals surface area contributed by atoms with Crippen LogP contribution < -0.4 is 5.32 Å². The third-order valence-corrected chi connectivity index (χ3v) is 4.16. The Morgan fingerprint density at radius 1 is 1.00 bits per heavy atom. The van der Waals surface area contributed by atoms with Crippen molar-refractivity contribution >= 4 is 22.9 Å². The Kier molecular flexibility index (Phi) is 4.10. The lowest BCUT2D eigenvalue weighted by Crippen LogP contribution is -2.14. The molecule has 0 fully saturated rings. The highest BCUT2D eigenvalue weighted by Gasteiger charge is 2.20. The standard InChI is InChI=1S/C20H14N4O3/c25-20(15-8-2-4-10-18(15)24(26)27)22-16-9-3-1-7-14(16)17-13-23-12-6-5-11-19(23)21-17/h1-13H,(H,22,25). The third kappa shape index (κ3) is 3.13. The van der Waals surface area contributed by atoms with Crippen LogP contribution >= 0.6 is 0 Å². The Morgan fingerprint density at radius 3 is 2.56 bits per heavy atom. The fourth-order valence-corrected chi connectivity index (χ4v) is 2.89. The van der Waals surface area contributed by atoms with Gasteiger partial charge in [0.2, 0.25) is 0 Å². The summed E-state index contributed by atoms with van der Waals surface area (Å²) in [7, 11) is 0. The van der Waals surface area contributed by atoms with Crippen molar-refractivity contribution in [1.82, 2.24) is 9.38 Å². The lowest BCUT2D eigenvalue weighted by atomic mass is 10.1. The van der Waals surface area contributed by atoms with Gasteiger partial charge >= 0.3 is 0 Å². The topological polar surface area (TPSA) is 89.5 Å². The number of nitro groups is 1. The minimum atomic E-state index is -0.567. The number of amides is 1. The number of rotatable bonds is 4. The minimum absolute atomic E-state index is 0.00676. The van der Waals surface area contributed by atoms with E-state index in [1.807, 2.05) is 47.1 Å². The van der Waals surface area contributed by atoms with Crippen molar-refractivity contribution in [3.63, 3.8) is 0 Å². The van der Waals surface area contributed by atoms with Gasteiger partial charge in [0.25, 0.3) is 11.6 Å². The summed E-state index contributed by atoms with van der Waals surface area (Å²) in [5.74, 6) is -0.543. The van der Waals surface area contributed by atoms with E-state index in [0.717, 1.165) is 11.2 Å². The van der Waals surface area contributed by atoms with E-state index >= 15 is 0 Å². The van der Waals surface area contributed by atoms with Crippen molar-refractivity contribution in [2.24, 2.45) is 0 Å². The summed E-state index contributed by atoms with van der Waals surface area (Å²) < 4.78 is 1.88. The maximum atomic E-state index is 12.7. The molecule has 0 radical (unpaired) electrons. The molecule has 2 aromatic carbocycles. The summed E-state index contributed by atoms with van der Waals surface area (Å²) in [6, 6.07) is 18.8. The highest BCUT2D eigenvalue weighted by molar-refractivity contribution is 6.08. The molecule has 2 aromatic heterocycles. The van der Waals surface area contributed by atoms with Crippen LogP contribution in [0.3, 0.4) is 0 Å². The normalized spacial score (nSPS) is 10.7. The molecule has 0 aliphatic carbocycles. The van der Waals surface area contributed by atoms with Gasteiger partial charge in [0.1, 0.15) is 11.2 Å². The quantitative estimate of drug-likeness (QED) is 0.438. The summed E-state index contributed by atoms with van der Waals surface area (Å²) in [6.07, 6.45) is 3.76. The number of fused-ring (bicyclic) bond motifs is 1. The second kappa shape index (κ2) is 6.72. The number of nitro benzene ring substituents is 1. The first-order valence-corrected chi connectivity index (χ1v) is 8.21. The van der Waals surface area contributed by atoms with E-state index in [9.17, 15) is 14.9 Å². The maximum absolute atomic E-state index is 12.7. The van der Waals surface area contributed by atoms with E-state index in [0.29, 0.717) is 11.4 Å². The molecular weight excluding hydrogens is 344 g/mol. The number of carbonyl (C=O) groups is 1. The summed E-state index contributed by atoms with van der Waals surface area (Å²) in [5, 5.41) is 14.0. The molecule has 132 valence electrons. The fraction of sp³-hybridized carbons (Fsp3) is 0. The van der Waals surface area contributed by atoms with Crippen LogP contribution in [-0.4, -0.2) is 20.2 Å². The van der Waals surface area contributed by atoms with E-state index in [1.165, 1.54) is 18.2 Å².